The average molecular weight is 385 g/mol. The van der Waals surface area contributed by atoms with Crippen molar-refractivity contribution in [3.63, 3.8) is 0 Å². The second-order valence-electron chi connectivity index (χ2n) is 7.21. The summed E-state index contributed by atoms with van der Waals surface area (Å²) in [7, 11) is 1.60. The van der Waals surface area contributed by atoms with Crippen molar-refractivity contribution in [1.29, 1.82) is 0 Å². The van der Waals surface area contributed by atoms with Gasteiger partial charge in [-0.25, -0.2) is 14.4 Å². The van der Waals surface area contributed by atoms with Crippen LogP contribution < -0.4 is 15.0 Å². The zero-order chi connectivity index (χ0) is 19.7. The van der Waals surface area contributed by atoms with Gasteiger partial charge in [-0.1, -0.05) is 13.0 Å². The van der Waals surface area contributed by atoms with E-state index < -0.39 is 0 Å². The van der Waals surface area contributed by atoms with Crippen LogP contribution in [-0.4, -0.2) is 59.6 Å². The molecular weight excluding hydrogens is 361 g/mol. The van der Waals surface area contributed by atoms with E-state index in [0.29, 0.717) is 49.0 Å². The molecule has 2 bridgehead atoms. The third kappa shape index (κ3) is 3.52. The Kier molecular flexibility index (Phi) is 5.13. The van der Waals surface area contributed by atoms with Crippen LogP contribution >= 0.6 is 0 Å². The van der Waals surface area contributed by atoms with Crippen molar-refractivity contribution in [3.8, 4) is 5.75 Å². The highest BCUT2D eigenvalue weighted by Crippen LogP contribution is 2.34. The van der Waals surface area contributed by atoms with E-state index in [4.69, 9.17) is 4.74 Å². The number of piperidine rings is 1. The molecule has 148 valence electrons. The van der Waals surface area contributed by atoms with Crippen LogP contribution in [0.1, 0.15) is 19.0 Å². The second kappa shape index (κ2) is 7.71. The van der Waals surface area contributed by atoms with Crippen molar-refractivity contribution >= 4 is 17.4 Å². The minimum absolute atomic E-state index is 0.0575. The van der Waals surface area contributed by atoms with E-state index in [1.807, 2.05) is 30.0 Å². The molecule has 1 aromatic heterocycles. The van der Waals surface area contributed by atoms with Gasteiger partial charge >= 0.3 is 0 Å². The maximum absolute atomic E-state index is 14.6. The summed E-state index contributed by atoms with van der Waals surface area (Å²) < 4.78 is 19.7. The largest absolute Gasteiger partial charge is 0.497 e. The normalized spacial score (nSPS) is 21.2. The number of hydrogen-bond acceptors (Lipinski definition) is 6. The number of aromatic nitrogens is 2. The number of hydrogen-bond donors (Lipinski definition) is 1. The van der Waals surface area contributed by atoms with Gasteiger partial charge in [-0.05, 0) is 25.0 Å². The third-order valence-corrected chi connectivity index (χ3v) is 5.50. The molecule has 2 atom stereocenters. The molecule has 2 unspecified atom stereocenters. The number of methoxy groups -OCH3 is 1. The fourth-order valence-corrected chi connectivity index (χ4v) is 4.05. The number of rotatable bonds is 6. The van der Waals surface area contributed by atoms with Crippen LogP contribution in [0.4, 0.5) is 15.9 Å². The topological polar surface area (TPSA) is 70.6 Å². The smallest absolute Gasteiger partial charge is 0.238 e. The molecule has 8 heteroatoms. The first kappa shape index (κ1) is 18.6. The lowest BCUT2D eigenvalue weighted by atomic mass is 9.87. The van der Waals surface area contributed by atoms with Gasteiger partial charge in [-0.3, -0.25) is 9.69 Å². The average Bonchev–Trinajstić information content (AvgIpc) is 2.72. The van der Waals surface area contributed by atoms with Crippen molar-refractivity contribution in [2.75, 3.05) is 37.0 Å². The lowest BCUT2D eigenvalue weighted by molar-refractivity contribution is -0.121. The number of anilines is 2. The number of fused-ring (bicyclic) bond motifs is 2. The van der Waals surface area contributed by atoms with Crippen molar-refractivity contribution in [2.45, 2.75) is 31.8 Å². The Hall–Kier alpha value is -2.74. The molecule has 0 spiro atoms. The van der Waals surface area contributed by atoms with Crippen molar-refractivity contribution in [3.05, 3.63) is 42.1 Å². The molecule has 0 radical (unpaired) electrons. The Balaban J connectivity index is 1.36. The number of benzene rings is 1. The van der Waals surface area contributed by atoms with Crippen LogP contribution in [0.5, 0.6) is 5.75 Å². The van der Waals surface area contributed by atoms with E-state index in [2.05, 4.69) is 20.2 Å². The van der Waals surface area contributed by atoms with Gasteiger partial charge in [0.2, 0.25) is 5.91 Å². The van der Waals surface area contributed by atoms with E-state index in [-0.39, 0.29) is 23.8 Å². The first-order valence-electron chi connectivity index (χ1n) is 9.53. The van der Waals surface area contributed by atoms with Gasteiger partial charge < -0.3 is 15.0 Å². The molecule has 4 heterocycles. The van der Waals surface area contributed by atoms with Crippen molar-refractivity contribution < 1.29 is 13.9 Å². The monoisotopic (exact) mass is 385 g/mol. The highest BCUT2D eigenvalue weighted by Gasteiger charge is 2.46. The second-order valence-corrected chi connectivity index (χ2v) is 7.21. The zero-order valence-corrected chi connectivity index (χ0v) is 16.1. The van der Waals surface area contributed by atoms with E-state index in [0.717, 1.165) is 6.42 Å². The molecule has 1 amide bonds. The van der Waals surface area contributed by atoms with Crippen LogP contribution in [0.25, 0.3) is 0 Å². The number of carbonyl (C=O) groups excluding carboxylic acids is 1. The van der Waals surface area contributed by atoms with Gasteiger partial charge in [-0.2, -0.15) is 0 Å². The summed E-state index contributed by atoms with van der Waals surface area (Å²) >= 11 is 0. The van der Waals surface area contributed by atoms with Crippen LogP contribution in [0.3, 0.4) is 0 Å². The predicted molar refractivity (Wildman–Crippen MR) is 104 cm³/mol. The Labute approximate surface area is 163 Å². The molecule has 1 N–H and O–H groups in total. The highest BCUT2D eigenvalue weighted by atomic mass is 19.1. The van der Waals surface area contributed by atoms with Crippen LogP contribution in [0, 0.1) is 5.82 Å². The molecule has 3 saturated heterocycles. The number of halogens is 1. The summed E-state index contributed by atoms with van der Waals surface area (Å²) in [6, 6.07) is 7.76. The van der Waals surface area contributed by atoms with Gasteiger partial charge in [-0.15, -0.1) is 0 Å². The Morgan fingerprint density at radius 2 is 2.11 bits per heavy atom. The number of aryl methyl sites for hydroxylation is 1. The molecule has 3 fully saturated rings. The van der Waals surface area contributed by atoms with E-state index in [1.54, 1.807) is 13.2 Å². The van der Waals surface area contributed by atoms with Crippen LogP contribution in [-0.2, 0) is 11.2 Å². The summed E-state index contributed by atoms with van der Waals surface area (Å²) in [6.45, 7) is 3.54. The maximum atomic E-state index is 14.6. The lowest BCUT2D eigenvalue weighted by Crippen LogP contribution is -2.70. The number of amides is 1. The molecular formula is C20H24FN5O2. The van der Waals surface area contributed by atoms with Crippen molar-refractivity contribution in [2.24, 2.45) is 0 Å². The minimum atomic E-state index is -0.325. The Bertz CT molecular complexity index is 865. The summed E-state index contributed by atoms with van der Waals surface area (Å²) in [5, 5.41) is 2.92. The Morgan fingerprint density at radius 3 is 2.82 bits per heavy atom. The summed E-state index contributed by atoms with van der Waals surface area (Å²) in [5.74, 6) is 0.695. The fourth-order valence-electron chi connectivity index (χ4n) is 4.05. The number of nitrogens with zero attached hydrogens (tertiary/aromatic N) is 4. The van der Waals surface area contributed by atoms with Crippen LogP contribution in [0.2, 0.25) is 0 Å². The number of piperazine rings is 1. The molecule has 3 aliphatic rings. The van der Waals surface area contributed by atoms with Gasteiger partial charge in [0.1, 0.15) is 12.1 Å². The van der Waals surface area contributed by atoms with Gasteiger partial charge in [0, 0.05) is 36.9 Å². The summed E-state index contributed by atoms with van der Waals surface area (Å²) in [4.78, 5) is 24.8. The molecule has 7 nitrogen and oxygen atoms in total. The van der Waals surface area contributed by atoms with E-state index in [1.165, 1.54) is 6.33 Å². The molecule has 2 aromatic rings. The van der Waals surface area contributed by atoms with E-state index in [9.17, 15) is 9.18 Å². The predicted octanol–water partition coefficient (Wildman–Crippen LogP) is 2.09. The quantitative estimate of drug-likeness (QED) is 0.821. The SMILES string of the molecule is CCc1ncnc(N2CC3CC(C2)N3CC(=O)Nc2cccc(OC)c2)c1F. The zero-order valence-electron chi connectivity index (χ0n) is 16.1. The molecule has 5 rings (SSSR count). The number of nitrogens with one attached hydrogen (secondary N) is 1. The van der Waals surface area contributed by atoms with Crippen LogP contribution in [0.15, 0.2) is 30.6 Å². The standard InChI is InChI=1S/C20H24FN5O2/c1-3-17-19(21)20(23-12-22-17)25-9-14-8-15(10-25)26(14)11-18(27)24-13-5-4-6-16(7-13)28-2/h4-7,12,14-15H,3,8-11H2,1-2H3,(H,24,27). The van der Waals surface area contributed by atoms with E-state index >= 15 is 0 Å². The minimum Gasteiger partial charge on any atom is -0.497 e. The third-order valence-electron chi connectivity index (χ3n) is 5.50. The first-order chi connectivity index (χ1) is 13.6. The lowest BCUT2D eigenvalue weighted by Gasteiger charge is -2.56. The fraction of sp³-hybridized carbons (Fsp3) is 0.450. The van der Waals surface area contributed by atoms with Gasteiger partial charge in [0.25, 0.3) is 0 Å². The number of carbonyl (C=O) groups is 1. The molecule has 28 heavy (non-hydrogen) atoms. The Morgan fingerprint density at radius 1 is 1.32 bits per heavy atom. The van der Waals surface area contributed by atoms with Gasteiger partial charge in [0.15, 0.2) is 11.6 Å². The summed E-state index contributed by atoms with van der Waals surface area (Å²) in [6.07, 6.45) is 2.99. The molecule has 0 saturated carbocycles. The molecule has 0 aliphatic carbocycles. The summed E-state index contributed by atoms with van der Waals surface area (Å²) in [5.41, 5.74) is 1.16. The maximum Gasteiger partial charge on any atom is 0.238 e. The molecule has 1 aromatic carbocycles. The van der Waals surface area contributed by atoms with Gasteiger partial charge in [0.05, 0.1) is 19.3 Å². The molecule has 3 aliphatic heterocycles. The van der Waals surface area contributed by atoms with Crippen molar-refractivity contribution in [1.82, 2.24) is 14.9 Å². The first-order valence-corrected chi connectivity index (χ1v) is 9.53. The number of ether oxygens (including phenoxy) is 1. The highest BCUT2D eigenvalue weighted by molar-refractivity contribution is 5.92.